The Morgan fingerprint density at radius 1 is 1.11 bits per heavy atom. The molecule has 1 aromatic heterocycles. The Kier molecular flexibility index (Phi) is 4.56. The maximum Gasteiger partial charge on any atom is 0.0416 e. The predicted octanol–water partition coefficient (Wildman–Crippen LogP) is 4.52. The summed E-state index contributed by atoms with van der Waals surface area (Å²) < 4.78 is 0. The van der Waals surface area contributed by atoms with Crippen LogP contribution in [0.1, 0.15) is 43.0 Å². The van der Waals surface area contributed by atoms with E-state index in [2.05, 4.69) is 54.5 Å². The van der Waals surface area contributed by atoms with E-state index in [0.29, 0.717) is 5.92 Å². The van der Waals surface area contributed by atoms with E-state index in [1.807, 2.05) is 19.2 Å². The van der Waals surface area contributed by atoms with E-state index in [-0.39, 0.29) is 0 Å². The summed E-state index contributed by atoms with van der Waals surface area (Å²) in [5.41, 5.74) is 4.83. The van der Waals surface area contributed by atoms with Crippen molar-refractivity contribution in [2.24, 2.45) is 0 Å². The number of nitrogens with one attached hydrogen (secondary N) is 1. The van der Waals surface area contributed by atoms with E-state index in [9.17, 15) is 0 Å². The van der Waals surface area contributed by atoms with Crippen LogP contribution in [0.15, 0.2) is 42.6 Å². The fraction of sp³-hybridized carbons (Fsp3) is 0.353. The summed E-state index contributed by atoms with van der Waals surface area (Å²) in [6.07, 6.45) is 3.11. The van der Waals surface area contributed by atoms with Gasteiger partial charge in [0.1, 0.15) is 0 Å². The maximum atomic E-state index is 4.30. The molecule has 19 heavy (non-hydrogen) atoms. The van der Waals surface area contributed by atoms with Crippen LogP contribution >= 0.6 is 0 Å². The minimum absolute atomic E-state index is 0.635. The molecule has 0 saturated heterocycles. The number of aromatic nitrogens is 1. The van der Waals surface area contributed by atoms with Crippen LogP contribution in [0.4, 0.5) is 5.69 Å². The van der Waals surface area contributed by atoms with Crippen molar-refractivity contribution in [1.82, 2.24) is 4.98 Å². The summed E-state index contributed by atoms with van der Waals surface area (Å²) in [6, 6.07) is 12.9. The van der Waals surface area contributed by atoms with Crippen molar-refractivity contribution < 1.29 is 0 Å². The van der Waals surface area contributed by atoms with Gasteiger partial charge in [-0.05, 0) is 48.6 Å². The summed E-state index contributed by atoms with van der Waals surface area (Å²) >= 11 is 0. The average Bonchev–Trinajstić information content (AvgIpc) is 2.46. The van der Waals surface area contributed by atoms with Gasteiger partial charge in [0, 0.05) is 24.1 Å². The van der Waals surface area contributed by atoms with E-state index in [1.54, 1.807) is 0 Å². The van der Waals surface area contributed by atoms with Gasteiger partial charge in [0.05, 0.1) is 0 Å². The second-order valence-electron chi connectivity index (χ2n) is 5.09. The van der Waals surface area contributed by atoms with Gasteiger partial charge >= 0.3 is 0 Å². The molecule has 0 aliphatic rings. The minimum Gasteiger partial charge on any atom is -0.381 e. The van der Waals surface area contributed by atoms with Crippen LogP contribution in [0.5, 0.6) is 0 Å². The van der Waals surface area contributed by atoms with Gasteiger partial charge in [-0.15, -0.1) is 0 Å². The van der Waals surface area contributed by atoms with E-state index >= 15 is 0 Å². The zero-order valence-electron chi connectivity index (χ0n) is 12.0. The summed E-state index contributed by atoms with van der Waals surface area (Å²) in [5.74, 6) is 0.635. The molecule has 100 valence electrons. The van der Waals surface area contributed by atoms with Crippen LogP contribution in [0.25, 0.3) is 0 Å². The lowest BCUT2D eigenvalue weighted by atomic mass is 9.99. The summed E-state index contributed by atoms with van der Waals surface area (Å²) in [7, 11) is 0. The van der Waals surface area contributed by atoms with Crippen molar-refractivity contribution in [2.75, 3.05) is 5.32 Å². The summed E-state index contributed by atoms with van der Waals surface area (Å²) in [4.78, 5) is 4.30. The van der Waals surface area contributed by atoms with Crippen molar-refractivity contribution in [3.63, 3.8) is 0 Å². The molecule has 0 bridgehead atoms. The van der Waals surface area contributed by atoms with E-state index in [4.69, 9.17) is 0 Å². The summed E-state index contributed by atoms with van der Waals surface area (Å²) in [5, 5.41) is 3.42. The number of hydrogen-bond donors (Lipinski definition) is 1. The zero-order valence-corrected chi connectivity index (χ0v) is 12.0. The number of anilines is 1. The SMILES string of the molecule is CCC(C)c1ccc(NCc2ccc(C)nc2)cc1. The molecule has 0 amide bonds. The molecule has 0 aliphatic carbocycles. The van der Waals surface area contributed by atoms with E-state index < -0.39 is 0 Å². The second kappa shape index (κ2) is 6.37. The Balaban J connectivity index is 1.94. The quantitative estimate of drug-likeness (QED) is 0.848. The fourth-order valence-corrected chi connectivity index (χ4v) is 1.97. The van der Waals surface area contributed by atoms with Crippen LogP contribution in [0, 0.1) is 6.92 Å². The largest absolute Gasteiger partial charge is 0.381 e. The number of pyridine rings is 1. The van der Waals surface area contributed by atoms with Crippen LogP contribution in [-0.2, 0) is 6.54 Å². The van der Waals surface area contributed by atoms with Crippen molar-refractivity contribution >= 4 is 5.69 Å². The molecule has 2 aromatic rings. The Labute approximate surface area is 115 Å². The molecule has 0 radical (unpaired) electrons. The van der Waals surface area contributed by atoms with Gasteiger partial charge in [-0.2, -0.15) is 0 Å². The number of rotatable bonds is 5. The monoisotopic (exact) mass is 254 g/mol. The average molecular weight is 254 g/mol. The molecule has 2 rings (SSSR count). The van der Waals surface area contributed by atoms with Crippen molar-refractivity contribution in [3.8, 4) is 0 Å². The van der Waals surface area contributed by atoms with Crippen LogP contribution < -0.4 is 5.32 Å². The standard InChI is InChI=1S/C17H22N2/c1-4-13(2)16-7-9-17(10-8-16)19-12-15-6-5-14(3)18-11-15/h5-11,13,19H,4,12H2,1-3H3. The third-order valence-electron chi connectivity index (χ3n) is 3.56. The topological polar surface area (TPSA) is 24.9 Å². The lowest BCUT2D eigenvalue weighted by Crippen LogP contribution is -2.00. The first-order valence-corrected chi connectivity index (χ1v) is 6.94. The smallest absolute Gasteiger partial charge is 0.0416 e. The predicted molar refractivity (Wildman–Crippen MR) is 81.4 cm³/mol. The highest BCUT2D eigenvalue weighted by atomic mass is 14.9. The molecular formula is C17H22N2. The second-order valence-corrected chi connectivity index (χ2v) is 5.09. The fourth-order valence-electron chi connectivity index (χ4n) is 1.97. The molecule has 1 aromatic carbocycles. The minimum atomic E-state index is 0.635. The number of nitrogens with zero attached hydrogens (tertiary/aromatic N) is 1. The van der Waals surface area contributed by atoms with Gasteiger partial charge in [0.15, 0.2) is 0 Å². The normalized spacial score (nSPS) is 12.2. The molecule has 0 fully saturated rings. The Hall–Kier alpha value is -1.83. The lowest BCUT2D eigenvalue weighted by molar-refractivity contribution is 0.734. The van der Waals surface area contributed by atoms with Gasteiger partial charge < -0.3 is 5.32 Å². The maximum absolute atomic E-state index is 4.30. The Morgan fingerprint density at radius 2 is 1.84 bits per heavy atom. The Bertz CT molecular complexity index is 500. The first-order valence-electron chi connectivity index (χ1n) is 6.94. The van der Waals surface area contributed by atoms with Gasteiger partial charge in [0.2, 0.25) is 0 Å². The zero-order chi connectivity index (χ0) is 13.7. The third-order valence-corrected chi connectivity index (χ3v) is 3.56. The molecule has 0 saturated carbocycles. The number of hydrogen-bond acceptors (Lipinski definition) is 2. The Morgan fingerprint density at radius 3 is 2.42 bits per heavy atom. The summed E-state index contributed by atoms with van der Waals surface area (Å²) in [6.45, 7) is 7.31. The first kappa shape index (κ1) is 13.6. The van der Waals surface area contributed by atoms with Gasteiger partial charge in [-0.1, -0.05) is 32.0 Å². The van der Waals surface area contributed by atoms with E-state index in [1.165, 1.54) is 17.5 Å². The molecule has 1 N–H and O–H groups in total. The molecule has 1 atom stereocenters. The number of benzene rings is 1. The van der Waals surface area contributed by atoms with Crippen molar-refractivity contribution in [2.45, 2.75) is 39.7 Å². The molecule has 2 heteroatoms. The third kappa shape index (κ3) is 3.82. The van der Waals surface area contributed by atoms with Gasteiger partial charge in [-0.25, -0.2) is 0 Å². The highest BCUT2D eigenvalue weighted by molar-refractivity contribution is 5.45. The van der Waals surface area contributed by atoms with Crippen LogP contribution in [0.3, 0.4) is 0 Å². The van der Waals surface area contributed by atoms with Crippen LogP contribution in [0.2, 0.25) is 0 Å². The number of aryl methyl sites for hydroxylation is 1. The highest BCUT2D eigenvalue weighted by Gasteiger charge is 2.02. The first-order chi connectivity index (χ1) is 9.19. The molecule has 0 aliphatic heterocycles. The molecule has 1 heterocycles. The van der Waals surface area contributed by atoms with Crippen LogP contribution in [-0.4, -0.2) is 4.98 Å². The van der Waals surface area contributed by atoms with E-state index in [0.717, 1.165) is 17.9 Å². The van der Waals surface area contributed by atoms with Crippen molar-refractivity contribution in [1.29, 1.82) is 0 Å². The highest BCUT2D eigenvalue weighted by Crippen LogP contribution is 2.20. The van der Waals surface area contributed by atoms with Gasteiger partial charge in [-0.3, -0.25) is 4.98 Å². The van der Waals surface area contributed by atoms with Gasteiger partial charge in [0.25, 0.3) is 0 Å². The molecule has 1 unspecified atom stereocenters. The molecule has 0 spiro atoms. The molecule has 2 nitrogen and oxygen atoms in total. The lowest BCUT2D eigenvalue weighted by Gasteiger charge is -2.11. The van der Waals surface area contributed by atoms with Crippen molar-refractivity contribution in [3.05, 3.63) is 59.4 Å². The molecular weight excluding hydrogens is 232 g/mol.